The zero-order chi connectivity index (χ0) is 11.4. The summed E-state index contributed by atoms with van der Waals surface area (Å²) in [7, 11) is 0. The van der Waals surface area contributed by atoms with Crippen LogP contribution in [0.5, 0.6) is 0 Å². The van der Waals surface area contributed by atoms with Crippen LogP contribution in [0.3, 0.4) is 0 Å². The van der Waals surface area contributed by atoms with Gasteiger partial charge in [-0.1, -0.05) is 35.0 Å². The highest BCUT2D eigenvalue weighted by Gasteiger charge is 2.08. The molecule has 1 aromatic heterocycles. The minimum atomic E-state index is 0.508. The monoisotopic (exact) mass is 237 g/mol. The molecule has 0 bridgehead atoms. The van der Waals surface area contributed by atoms with Crippen LogP contribution in [0.4, 0.5) is 0 Å². The first-order valence-corrected chi connectivity index (χ1v) is 5.42. The number of halogens is 1. The van der Waals surface area contributed by atoms with Gasteiger partial charge in [0.15, 0.2) is 5.82 Å². The number of nitrogens with zero attached hydrogens (tertiary/aromatic N) is 2. The van der Waals surface area contributed by atoms with E-state index in [4.69, 9.17) is 21.9 Å². The second kappa shape index (κ2) is 5.09. The quantitative estimate of drug-likeness (QED) is 0.881. The third kappa shape index (κ3) is 2.59. The number of benzene rings is 1. The van der Waals surface area contributed by atoms with Gasteiger partial charge in [0.05, 0.1) is 0 Å². The fourth-order valence-electron chi connectivity index (χ4n) is 1.40. The molecular weight excluding hydrogens is 226 g/mol. The smallest absolute Gasteiger partial charge is 0.227 e. The fourth-order valence-corrected chi connectivity index (χ4v) is 1.60. The van der Waals surface area contributed by atoms with E-state index in [1.54, 1.807) is 0 Å². The van der Waals surface area contributed by atoms with Crippen molar-refractivity contribution >= 4 is 11.6 Å². The molecule has 0 amide bonds. The van der Waals surface area contributed by atoms with Gasteiger partial charge in [0, 0.05) is 24.4 Å². The van der Waals surface area contributed by atoms with Crippen LogP contribution in [0, 0.1) is 0 Å². The maximum atomic E-state index is 6.04. The summed E-state index contributed by atoms with van der Waals surface area (Å²) in [4.78, 5) is 4.22. The molecule has 2 rings (SSSR count). The lowest BCUT2D eigenvalue weighted by molar-refractivity contribution is 0.375. The predicted molar refractivity (Wildman–Crippen MR) is 61.3 cm³/mol. The molecule has 84 valence electrons. The summed E-state index contributed by atoms with van der Waals surface area (Å²) < 4.78 is 5.03. The highest BCUT2D eigenvalue weighted by molar-refractivity contribution is 6.31. The van der Waals surface area contributed by atoms with E-state index in [0.717, 1.165) is 5.56 Å². The third-order valence-electron chi connectivity index (χ3n) is 2.17. The fraction of sp³-hybridized carbons (Fsp3) is 0.273. The van der Waals surface area contributed by atoms with Crippen molar-refractivity contribution in [2.45, 2.75) is 12.8 Å². The van der Waals surface area contributed by atoms with Gasteiger partial charge in [-0.3, -0.25) is 0 Å². The van der Waals surface area contributed by atoms with Crippen molar-refractivity contribution in [3.63, 3.8) is 0 Å². The van der Waals surface area contributed by atoms with E-state index in [-0.39, 0.29) is 0 Å². The highest BCUT2D eigenvalue weighted by Crippen LogP contribution is 2.17. The lowest BCUT2D eigenvalue weighted by Crippen LogP contribution is -2.02. The first kappa shape index (κ1) is 11.1. The van der Waals surface area contributed by atoms with Crippen molar-refractivity contribution in [2.24, 2.45) is 5.73 Å². The molecule has 0 saturated heterocycles. The van der Waals surface area contributed by atoms with E-state index >= 15 is 0 Å². The van der Waals surface area contributed by atoms with Crippen LogP contribution in [0.2, 0.25) is 5.02 Å². The molecule has 0 aliphatic heterocycles. The van der Waals surface area contributed by atoms with Gasteiger partial charge in [-0.15, -0.1) is 0 Å². The second-order valence-electron chi connectivity index (χ2n) is 3.41. The van der Waals surface area contributed by atoms with Gasteiger partial charge < -0.3 is 10.3 Å². The van der Waals surface area contributed by atoms with Gasteiger partial charge in [0.2, 0.25) is 5.89 Å². The Labute approximate surface area is 98.4 Å². The van der Waals surface area contributed by atoms with Crippen LogP contribution >= 0.6 is 11.6 Å². The Morgan fingerprint density at radius 2 is 2.12 bits per heavy atom. The van der Waals surface area contributed by atoms with E-state index in [1.165, 1.54) is 0 Å². The van der Waals surface area contributed by atoms with Gasteiger partial charge in [-0.25, -0.2) is 0 Å². The zero-order valence-corrected chi connectivity index (χ0v) is 9.44. The minimum Gasteiger partial charge on any atom is -0.339 e. The van der Waals surface area contributed by atoms with Gasteiger partial charge in [0.1, 0.15) is 0 Å². The lowest BCUT2D eigenvalue weighted by atomic mass is 10.1. The normalized spacial score (nSPS) is 10.6. The Morgan fingerprint density at radius 3 is 2.88 bits per heavy atom. The molecule has 0 saturated carbocycles. The van der Waals surface area contributed by atoms with E-state index in [1.807, 2.05) is 24.3 Å². The summed E-state index contributed by atoms with van der Waals surface area (Å²) in [5.41, 5.74) is 6.39. The van der Waals surface area contributed by atoms with Crippen LogP contribution in [-0.2, 0) is 12.8 Å². The Hall–Kier alpha value is -1.39. The average Bonchev–Trinajstić information content (AvgIpc) is 2.70. The molecule has 0 radical (unpaired) electrons. The van der Waals surface area contributed by atoms with E-state index < -0.39 is 0 Å². The summed E-state index contributed by atoms with van der Waals surface area (Å²) in [6.07, 6.45) is 1.18. The minimum absolute atomic E-state index is 0.508. The van der Waals surface area contributed by atoms with Crippen molar-refractivity contribution in [1.82, 2.24) is 10.1 Å². The number of nitrogens with two attached hydrogens (primary N) is 1. The van der Waals surface area contributed by atoms with Crippen molar-refractivity contribution in [2.75, 3.05) is 6.54 Å². The maximum absolute atomic E-state index is 6.04. The molecule has 5 heteroatoms. The van der Waals surface area contributed by atoms with Crippen molar-refractivity contribution in [3.8, 4) is 0 Å². The first-order chi connectivity index (χ1) is 7.79. The SMILES string of the molecule is NCCc1nc(Cc2ccccc2Cl)no1. The van der Waals surface area contributed by atoms with Crippen LogP contribution < -0.4 is 5.73 Å². The van der Waals surface area contributed by atoms with Crippen LogP contribution in [0.1, 0.15) is 17.3 Å². The highest BCUT2D eigenvalue weighted by atomic mass is 35.5. The number of hydrogen-bond acceptors (Lipinski definition) is 4. The van der Waals surface area contributed by atoms with Crippen LogP contribution in [0.15, 0.2) is 28.8 Å². The van der Waals surface area contributed by atoms with Crippen LogP contribution in [0.25, 0.3) is 0 Å². The standard InChI is InChI=1S/C11H12ClN3O/c12-9-4-2-1-3-8(9)7-10-14-11(5-6-13)16-15-10/h1-4H,5-7,13H2. The first-order valence-electron chi connectivity index (χ1n) is 5.04. The Balaban J connectivity index is 2.11. The molecule has 0 fully saturated rings. The van der Waals surface area contributed by atoms with Gasteiger partial charge >= 0.3 is 0 Å². The number of hydrogen-bond donors (Lipinski definition) is 1. The summed E-state index contributed by atoms with van der Waals surface area (Å²) in [5, 5.41) is 4.59. The molecule has 0 unspecified atom stereocenters. The molecule has 2 aromatic rings. The summed E-state index contributed by atoms with van der Waals surface area (Å²) >= 11 is 6.04. The maximum Gasteiger partial charge on any atom is 0.227 e. The van der Waals surface area contributed by atoms with E-state index in [9.17, 15) is 0 Å². The van der Waals surface area contributed by atoms with Crippen LogP contribution in [-0.4, -0.2) is 16.7 Å². The van der Waals surface area contributed by atoms with Gasteiger partial charge in [-0.2, -0.15) is 4.98 Å². The third-order valence-corrected chi connectivity index (χ3v) is 2.54. The van der Waals surface area contributed by atoms with Gasteiger partial charge in [-0.05, 0) is 11.6 Å². The zero-order valence-electron chi connectivity index (χ0n) is 8.69. The molecule has 0 atom stereocenters. The average molecular weight is 238 g/mol. The summed E-state index contributed by atoms with van der Waals surface area (Å²) in [6.45, 7) is 0.508. The Kier molecular flexibility index (Phi) is 3.54. The molecule has 1 heterocycles. The topological polar surface area (TPSA) is 64.9 Å². The largest absolute Gasteiger partial charge is 0.339 e. The van der Waals surface area contributed by atoms with E-state index in [2.05, 4.69) is 10.1 Å². The summed E-state index contributed by atoms with van der Waals surface area (Å²) in [6, 6.07) is 7.61. The molecule has 2 N–H and O–H groups in total. The molecule has 0 spiro atoms. The number of aromatic nitrogens is 2. The second-order valence-corrected chi connectivity index (χ2v) is 3.82. The van der Waals surface area contributed by atoms with Crippen molar-refractivity contribution < 1.29 is 4.52 Å². The molecule has 16 heavy (non-hydrogen) atoms. The van der Waals surface area contributed by atoms with Crippen molar-refractivity contribution in [1.29, 1.82) is 0 Å². The molecule has 0 aliphatic rings. The molecule has 1 aromatic carbocycles. The van der Waals surface area contributed by atoms with Crippen molar-refractivity contribution in [3.05, 3.63) is 46.6 Å². The Morgan fingerprint density at radius 1 is 1.31 bits per heavy atom. The van der Waals surface area contributed by atoms with E-state index in [0.29, 0.717) is 36.1 Å². The van der Waals surface area contributed by atoms with Gasteiger partial charge in [0.25, 0.3) is 0 Å². The molecular formula is C11H12ClN3O. The predicted octanol–water partition coefficient (Wildman–Crippen LogP) is 1.81. The number of rotatable bonds is 4. The summed E-state index contributed by atoms with van der Waals surface area (Å²) in [5.74, 6) is 1.21. The Bertz CT molecular complexity index is 470. The lowest BCUT2D eigenvalue weighted by Gasteiger charge is -1.98. The molecule has 0 aliphatic carbocycles. The molecule has 4 nitrogen and oxygen atoms in total.